The lowest BCUT2D eigenvalue weighted by atomic mass is 9.94. The van der Waals surface area contributed by atoms with Crippen LogP contribution in [-0.4, -0.2) is 18.5 Å². The second-order valence-corrected chi connectivity index (χ2v) is 6.80. The second-order valence-electron chi connectivity index (χ2n) is 6.80. The molecule has 0 heterocycles. The third kappa shape index (κ3) is 7.28. The minimum Gasteiger partial charge on any atom is -0.356 e. The van der Waals surface area contributed by atoms with E-state index in [4.69, 9.17) is 5.73 Å². The van der Waals surface area contributed by atoms with E-state index in [1.807, 2.05) is 0 Å². The van der Waals surface area contributed by atoms with Crippen LogP contribution in [-0.2, 0) is 4.79 Å². The fourth-order valence-electron chi connectivity index (χ4n) is 3.04. The third-order valence-corrected chi connectivity index (χ3v) is 4.41. The van der Waals surface area contributed by atoms with Gasteiger partial charge in [0.15, 0.2) is 0 Å². The molecule has 1 rings (SSSR count). The molecule has 0 saturated heterocycles. The van der Waals surface area contributed by atoms with Crippen molar-refractivity contribution in [3.05, 3.63) is 0 Å². The molecule has 1 aliphatic carbocycles. The summed E-state index contributed by atoms with van der Waals surface area (Å²) in [7, 11) is 0. The molecule has 0 aromatic rings. The molecule has 0 aliphatic heterocycles. The van der Waals surface area contributed by atoms with Gasteiger partial charge in [-0.3, -0.25) is 4.79 Å². The van der Waals surface area contributed by atoms with Crippen LogP contribution in [0.15, 0.2) is 0 Å². The van der Waals surface area contributed by atoms with Crippen LogP contribution in [0.25, 0.3) is 0 Å². The van der Waals surface area contributed by atoms with Crippen LogP contribution >= 0.6 is 0 Å². The van der Waals surface area contributed by atoms with E-state index in [-0.39, 0.29) is 17.9 Å². The van der Waals surface area contributed by atoms with Crippen molar-refractivity contribution < 1.29 is 4.79 Å². The van der Waals surface area contributed by atoms with Crippen LogP contribution in [0.2, 0.25) is 0 Å². The lowest BCUT2D eigenvalue weighted by molar-refractivity contribution is -0.125. The first kappa shape index (κ1) is 17.5. The molecule has 0 aromatic carbocycles. The Kier molecular flexibility index (Phi) is 8.92. The van der Waals surface area contributed by atoms with E-state index in [1.165, 1.54) is 38.5 Å². The maximum atomic E-state index is 12.1. The smallest absolute Gasteiger partial charge is 0.224 e. The van der Waals surface area contributed by atoms with Gasteiger partial charge in [0.1, 0.15) is 0 Å². The first-order valence-electron chi connectivity index (χ1n) is 8.64. The number of rotatable bonds is 8. The molecule has 0 bridgehead atoms. The van der Waals surface area contributed by atoms with Crippen molar-refractivity contribution in [2.24, 2.45) is 17.6 Å². The maximum Gasteiger partial charge on any atom is 0.224 e. The number of unbranched alkanes of at least 4 members (excludes halogenated alkanes) is 3. The van der Waals surface area contributed by atoms with E-state index < -0.39 is 0 Å². The monoisotopic (exact) mass is 282 g/mol. The summed E-state index contributed by atoms with van der Waals surface area (Å²) in [5.41, 5.74) is 6.12. The van der Waals surface area contributed by atoms with Crippen molar-refractivity contribution in [1.29, 1.82) is 0 Å². The normalized spacial score (nSPS) is 23.6. The van der Waals surface area contributed by atoms with Crippen molar-refractivity contribution >= 4 is 5.91 Å². The van der Waals surface area contributed by atoms with Crippen molar-refractivity contribution in [3.8, 4) is 0 Å². The van der Waals surface area contributed by atoms with Crippen molar-refractivity contribution in [2.45, 2.75) is 84.1 Å². The van der Waals surface area contributed by atoms with Crippen LogP contribution < -0.4 is 11.1 Å². The highest BCUT2D eigenvalue weighted by Crippen LogP contribution is 2.22. The van der Waals surface area contributed by atoms with Gasteiger partial charge in [0.25, 0.3) is 0 Å². The number of nitrogens with one attached hydrogen (secondary N) is 1. The molecule has 0 radical (unpaired) electrons. The fourth-order valence-corrected chi connectivity index (χ4v) is 3.04. The number of hydrogen-bond acceptors (Lipinski definition) is 2. The summed E-state index contributed by atoms with van der Waals surface area (Å²) < 4.78 is 0. The summed E-state index contributed by atoms with van der Waals surface area (Å²) in [5.74, 6) is 1.06. The fraction of sp³-hybridized carbons (Fsp3) is 0.941. The molecule has 3 N–H and O–H groups in total. The Hall–Kier alpha value is -0.570. The molecule has 2 atom stereocenters. The zero-order valence-electron chi connectivity index (χ0n) is 13.5. The lowest BCUT2D eigenvalue weighted by Gasteiger charge is -2.20. The maximum absolute atomic E-state index is 12.1. The van der Waals surface area contributed by atoms with Gasteiger partial charge in [0, 0.05) is 12.6 Å². The standard InChI is InChI=1S/C17H34N2O/c1-14(2)10-6-3-4-9-13-19-17(20)15-11-7-5-8-12-16(15)18/h14-16H,3-13,18H2,1-2H3,(H,19,20). The Morgan fingerprint density at radius 2 is 1.80 bits per heavy atom. The molecule has 20 heavy (non-hydrogen) atoms. The largest absolute Gasteiger partial charge is 0.356 e. The SMILES string of the molecule is CC(C)CCCCCCNC(=O)C1CCCCCC1N. The van der Waals surface area contributed by atoms with E-state index in [2.05, 4.69) is 19.2 Å². The molecule has 1 amide bonds. The number of carbonyl (C=O) groups excluding carboxylic acids is 1. The lowest BCUT2D eigenvalue weighted by Crippen LogP contribution is -2.41. The molecule has 3 nitrogen and oxygen atoms in total. The van der Waals surface area contributed by atoms with Crippen LogP contribution in [0.4, 0.5) is 0 Å². The molecule has 0 aromatic heterocycles. The number of carbonyl (C=O) groups is 1. The van der Waals surface area contributed by atoms with Gasteiger partial charge in [0.05, 0.1) is 5.92 Å². The van der Waals surface area contributed by atoms with Gasteiger partial charge in [-0.25, -0.2) is 0 Å². The molecule has 1 saturated carbocycles. The summed E-state index contributed by atoms with van der Waals surface area (Å²) >= 11 is 0. The molecular weight excluding hydrogens is 248 g/mol. The predicted octanol–water partition coefficient (Wildman–Crippen LogP) is 3.62. The summed E-state index contributed by atoms with van der Waals surface area (Å²) in [6.07, 6.45) is 11.8. The van der Waals surface area contributed by atoms with Crippen LogP contribution in [0.5, 0.6) is 0 Å². The Labute approximate surface area is 125 Å². The van der Waals surface area contributed by atoms with Gasteiger partial charge in [-0.15, -0.1) is 0 Å². The zero-order valence-corrected chi connectivity index (χ0v) is 13.5. The van der Waals surface area contributed by atoms with Crippen molar-refractivity contribution in [1.82, 2.24) is 5.32 Å². The third-order valence-electron chi connectivity index (χ3n) is 4.41. The summed E-state index contributed by atoms with van der Waals surface area (Å²) in [5, 5.41) is 3.09. The van der Waals surface area contributed by atoms with E-state index in [1.54, 1.807) is 0 Å². The Balaban J connectivity index is 2.07. The average Bonchev–Trinajstić information content (AvgIpc) is 2.61. The minimum absolute atomic E-state index is 0.0541. The topological polar surface area (TPSA) is 55.1 Å². The number of hydrogen-bond donors (Lipinski definition) is 2. The first-order chi connectivity index (χ1) is 9.61. The molecular formula is C17H34N2O. The average molecular weight is 282 g/mol. The highest BCUT2D eigenvalue weighted by molar-refractivity contribution is 5.79. The molecule has 1 aliphatic rings. The summed E-state index contributed by atoms with van der Waals surface area (Å²) in [6, 6.07) is 0.0727. The van der Waals surface area contributed by atoms with Crippen LogP contribution in [0, 0.1) is 11.8 Å². The Bertz CT molecular complexity index is 266. The Morgan fingerprint density at radius 1 is 1.10 bits per heavy atom. The molecule has 2 unspecified atom stereocenters. The highest BCUT2D eigenvalue weighted by atomic mass is 16.1. The van der Waals surface area contributed by atoms with Crippen molar-refractivity contribution in [2.75, 3.05) is 6.54 Å². The zero-order chi connectivity index (χ0) is 14.8. The molecule has 3 heteroatoms. The summed E-state index contributed by atoms with van der Waals surface area (Å²) in [4.78, 5) is 12.1. The van der Waals surface area contributed by atoms with Gasteiger partial charge in [0.2, 0.25) is 5.91 Å². The molecule has 1 fully saturated rings. The van der Waals surface area contributed by atoms with Gasteiger partial charge in [-0.05, 0) is 25.2 Å². The second kappa shape index (κ2) is 10.2. The number of nitrogens with two attached hydrogens (primary N) is 1. The van der Waals surface area contributed by atoms with E-state index in [9.17, 15) is 4.79 Å². The first-order valence-corrected chi connectivity index (χ1v) is 8.64. The highest BCUT2D eigenvalue weighted by Gasteiger charge is 2.26. The van der Waals surface area contributed by atoms with E-state index in [0.29, 0.717) is 0 Å². The number of amides is 1. The van der Waals surface area contributed by atoms with Gasteiger partial charge >= 0.3 is 0 Å². The Morgan fingerprint density at radius 3 is 2.55 bits per heavy atom. The predicted molar refractivity (Wildman–Crippen MR) is 85.5 cm³/mol. The van der Waals surface area contributed by atoms with Gasteiger partial charge in [-0.2, -0.15) is 0 Å². The van der Waals surface area contributed by atoms with Gasteiger partial charge < -0.3 is 11.1 Å². The van der Waals surface area contributed by atoms with Crippen LogP contribution in [0.3, 0.4) is 0 Å². The quantitative estimate of drug-likeness (QED) is 0.528. The minimum atomic E-state index is 0.0541. The molecule has 0 spiro atoms. The van der Waals surface area contributed by atoms with Crippen LogP contribution in [0.1, 0.15) is 78.1 Å². The molecule has 118 valence electrons. The van der Waals surface area contributed by atoms with E-state index >= 15 is 0 Å². The van der Waals surface area contributed by atoms with Gasteiger partial charge in [-0.1, -0.05) is 58.8 Å². The van der Waals surface area contributed by atoms with E-state index in [0.717, 1.165) is 38.1 Å². The van der Waals surface area contributed by atoms with Crippen molar-refractivity contribution in [3.63, 3.8) is 0 Å². The summed E-state index contributed by atoms with van der Waals surface area (Å²) in [6.45, 7) is 5.37.